The first-order chi connectivity index (χ1) is 5.24. The van der Waals surface area contributed by atoms with Crippen LogP contribution in [0.1, 0.15) is 10.6 Å². The lowest BCUT2D eigenvalue weighted by molar-refractivity contribution is 0.976. The Morgan fingerprint density at radius 2 is 2.55 bits per heavy atom. The zero-order valence-electron chi connectivity index (χ0n) is 5.78. The van der Waals surface area contributed by atoms with Gasteiger partial charge in [0, 0.05) is 9.79 Å². The van der Waals surface area contributed by atoms with Crippen LogP contribution in [-0.4, -0.2) is 4.98 Å². The quantitative estimate of drug-likeness (QED) is 0.440. The lowest BCUT2D eigenvalue weighted by Crippen LogP contribution is -1.81. The molecule has 0 bridgehead atoms. The zero-order chi connectivity index (χ0) is 8.27. The van der Waals surface area contributed by atoms with E-state index in [4.69, 9.17) is 5.53 Å². The average Bonchev–Trinajstić information content (AvgIpc) is 2.26. The summed E-state index contributed by atoms with van der Waals surface area (Å²) in [6.07, 6.45) is 0. The molecule has 58 valence electrons. The third kappa shape index (κ3) is 2.18. The van der Waals surface area contributed by atoms with Gasteiger partial charge in [0.1, 0.15) is 0 Å². The molecule has 0 fully saturated rings. The van der Waals surface area contributed by atoms with Gasteiger partial charge in [0.25, 0.3) is 0 Å². The minimum absolute atomic E-state index is 0.338. The van der Waals surface area contributed by atoms with Crippen molar-refractivity contribution in [3.63, 3.8) is 0 Å². The molecule has 0 N–H and O–H groups in total. The van der Waals surface area contributed by atoms with Gasteiger partial charge in [0.2, 0.25) is 0 Å². The SMILES string of the molecule is Cc1sc(Br)nc1CN=[N+]=[N-]. The van der Waals surface area contributed by atoms with E-state index in [9.17, 15) is 0 Å². The van der Waals surface area contributed by atoms with Crippen molar-refractivity contribution in [2.75, 3.05) is 0 Å². The summed E-state index contributed by atoms with van der Waals surface area (Å²) in [5.41, 5.74) is 8.89. The first kappa shape index (κ1) is 8.52. The Bertz CT molecular complexity index is 301. The number of aryl methyl sites for hydroxylation is 1. The minimum atomic E-state index is 0.338. The van der Waals surface area contributed by atoms with E-state index in [1.807, 2.05) is 6.92 Å². The van der Waals surface area contributed by atoms with E-state index in [0.29, 0.717) is 6.54 Å². The van der Waals surface area contributed by atoms with Crippen molar-refractivity contribution in [3.8, 4) is 0 Å². The molecule has 1 aromatic heterocycles. The van der Waals surface area contributed by atoms with Gasteiger partial charge >= 0.3 is 0 Å². The van der Waals surface area contributed by atoms with Crippen LogP contribution in [0.25, 0.3) is 10.4 Å². The predicted octanol–water partition coefficient (Wildman–Crippen LogP) is 3.02. The molecule has 1 heterocycles. The van der Waals surface area contributed by atoms with Crippen LogP contribution in [0.2, 0.25) is 0 Å². The van der Waals surface area contributed by atoms with E-state index in [1.54, 1.807) is 11.3 Å². The fourth-order valence-electron chi connectivity index (χ4n) is 0.638. The second-order valence-electron chi connectivity index (χ2n) is 1.86. The smallest absolute Gasteiger partial charge is 0.159 e. The Labute approximate surface area is 76.0 Å². The number of rotatable bonds is 2. The van der Waals surface area contributed by atoms with Crippen LogP contribution in [0.3, 0.4) is 0 Å². The third-order valence-corrected chi connectivity index (χ3v) is 2.61. The molecule has 0 saturated carbocycles. The molecule has 0 aromatic carbocycles. The lowest BCUT2D eigenvalue weighted by Gasteiger charge is -1.86. The first-order valence-electron chi connectivity index (χ1n) is 2.86. The number of hydrogen-bond donors (Lipinski definition) is 0. The summed E-state index contributed by atoms with van der Waals surface area (Å²) >= 11 is 4.79. The molecular formula is C5H5BrN4S. The molecule has 0 aliphatic rings. The molecule has 0 aliphatic carbocycles. The first-order valence-corrected chi connectivity index (χ1v) is 4.47. The summed E-state index contributed by atoms with van der Waals surface area (Å²) in [6.45, 7) is 2.29. The van der Waals surface area contributed by atoms with Crippen molar-refractivity contribution in [3.05, 3.63) is 24.9 Å². The monoisotopic (exact) mass is 232 g/mol. The summed E-state index contributed by atoms with van der Waals surface area (Å²) in [6, 6.07) is 0. The van der Waals surface area contributed by atoms with Crippen LogP contribution in [0.5, 0.6) is 0 Å². The molecule has 1 aromatic rings. The van der Waals surface area contributed by atoms with E-state index in [1.165, 1.54) is 0 Å². The van der Waals surface area contributed by atoms with Crippen molar-refractivity contribution in [1.82, 2.24) is 4.98 Å². The maximum absolute atomic E-state index is 8.05. The minimum Gasteiger partial charge on any atom is -0.234 e. The molecule has 0 radical (unpaired) electrons. The van der Waals surface area contributed by atoms with Gasteiger partial charge in [-0.25, -0.2) is 4.98 Å². The molecule has 0 spiro atoms. The van der Waals surface area contributed by atoms with Gasteiger partial charge in [-0.3, -0.25) is 0 Å². The van der Waals surface area contributed by atoms with Crippen molar-refractivity contribution < 1.29 is 0 Å². The largest absolute Gasteiger partial charge is 0.234 e. The van der Waals surface area contributed by atoms with Gasteiger partial charge in [-0.05, 0) is 28.4 Å². The van der Waals surface area contributed by atoms with Gasteiger partial charge in [-0.15, -0.1) is 11.3 Å². The Balaban J connectivity index is 2.85. The molecule has 4 nitrogen and oxygen atoms in total. The molecule has 0 unspecified atom stereocenters. The number of aromatic nitrogens is 1. The highest BCUT2D eigenvalue weighted by Gasteiger charge is 2.02. The molecule has 0 atom stereocenters. The zero-order valence-corrected chi connectivity index (χ0v) is 8.18. The molecular weight excluding hydrogens is 228 g/mol. The van der Waals surface area contributed by atoms with Crippen molar-refractivity contribution in [1.29, 1.82) is 0 Å². The van der Waals surface area contributed by atoms with Gasteiger partial charge in [0.15, 0.2) is 3.92 Å². The predicted molar refractivity (Wildman–Crippen MR) is 47.4 cm³/mol. The van der Waals surface area contributed by atoms with Crippen molar-refractivity contribution in [2.45, 2.75) is 13.5 Å². The van der Waals surface area contributed by atoms with Gasteiger partial charge < -0.3 is 0 Å². The highest BCUT2D eigenvalue weighted by Crippen LogP contribution is 2.22. The van der Waals surface area contributed by atoms with E-state index in [0.717, 1.165) is 14.5 Å². The van der Waals surface area contributed by atoms with Gasteiger partial charge in [-0.2, -0.15) is 0 Å². The molecule has 0 aliphatic heterocycles. The van der Waals surface area contributed by atoms with Gasteiger partial charge in [-0.1, -0.05) is 5.11 Å². The third-order valence-electron chi connectivity index (χ3n) is 1.15. The molecule has 6 heteroatoms. The fourth-order valence-corrected chi connectivity index (χ4v) is 2.22. The fraction of sp³-hybridized carbons (Fsp3) is 0.400. The Hall–Kier alpha value is -0.580. The number of thiazole rings is 1. The number of nitrogens with zero attached hydrogens (tertiary/aromatic N) is 4. The topological polar surface area (TPSA) is 61.7 Å². The number of azide groups is 1. The summed E-state index contributed by atoms with van der Waals surface area (Å²) in [4.78, 5) is 7.86. The second-order valence-corrected chi connectivity index (χ2v) is 4.34. The van der Waals surface area contributed by atoms with Crippen LogP contribution in [0.15, 0.2) is 9.03 Å². The van der Waals surface area contributed by atoms with Gasteiger partial charge in [0.05, 0.1) is 12.2 Å². The Morgan fingerprint density at radius 3 is 3.00 bits per heavy atom. The van der Waals surface area contributed by atoms with Crippen LogP contribution in [0, 0.1) is 6.92 Å². The normalized spacial score (nSPS) is 9.27. The summed E-state index contributed by atoms with van der Waals surface area (Å²) in [5.74, 6) is 0. The van der Waals surface area contributed by atoms with E-state index < -0.39 is 0 Å². The highest BCUT2D eigenvalue weighted by atomic mass is 79.9. The lowest BCUT2D eigenvalue weighted by atomic mass is 10.4. The second kappa shape index (κ2) is 3.71. The standard InChI is InChI=1S/C5H5BrN4S/c1-3-4(2-8-10-7)9-5(6)11-3/h2H2,1H3. The molecule has 0 amide bonds. The van der Waals surface area contributed by atoms with E-state index in [-0.39, 0.29) is 0 Å². The Kier molecular flexibility index (Phi) is 2.87. The van der Waals surface area contributed by atoms with Crippen LogP contribution >= 0.6 is 27.3 Å². The van der Waals surface area contributed by atoms with E-state index in [2.05, 4.69) is 30.9 Å². The van der Waals surface area contributed by atoms with Crippen LogP contribution in [-0.2, 0) is 6.54 Å². The van der Waals surface area contributed by atoms with Crippen molar-refractivity contribution >= 4 is 27.3 Å². The summed E-state index contributed by atoms with van der Waals surface area (Å²) < 4.78 is 0.832. The van der Waals surface area contributed by atoms with E-state index >= 15 is 0 Å². The average molecular weight is 233 g/mol. The molecule has 0 saturated heterocycles. The summed E-state index contributed by atoms with van der Waals surface area (Å²) in [5, 5.41) is 3.42. The summed E-state index contributed by atoms with van der Waals surface area (Å²) in [7, 11) is 0. The van der Waals surface area contributed by atoms with Crippen molar-refractivity contribution in [2.24, 2.45) is 5.11 Å². The number of hydrogen-bond acceptors (Lipinski definition) is 3. The Morgan fingerprint density at radius 1 is 1.82 bits per heavy atom. The molecule has 11 heavy (non-hydrogen) atoms. The number of halogens is 1. The van der Waals surface area contributed by atoms with Crippen LogP contribution < -0.4 is 0 Å². The maximum Gasteiger partial charge on any atom is 0.159 e. The van der Waals surface area contributed by atoms with Crippen LogP contribution in [0.4, 0.5) is 0 Å². The molecule has 1 rings (SSSR count). The maximum atomic E-state index is 8.05. The highest BCUT2D eigenvalue weighted by molar-refractivity contribution is 9.11.